The molecule has 1 aromatic rings. The molecule has 0 aliphatic carbocycles. The number of amides is 1. The first kappa shape index (κ1) is 15.4. The van der Waals surface area contributed by atoms with E-state index in [4.69, 9.17) is 4.74 Å². The molecule has 0 radical (unpaired) electrons. The highest BCUT2D eigenvalue weighted by Crippen LogP contribution is 2.17. The Morgan fingerprint density at radius 2 is 2.25 bits per heavy atom. The van der Waals surface area contributed by atoms with Crippen LogP contribution in [0.2, 0.25) is 0 Å². The summed E-state index contributed by atoms with van der Waals surface area (Å²) < 4.78 is 5.68. The van der Waals surface area contributed by atoms with Crippen molar-refractivity contribution in [1.82, 2.24) is 15.2 Å². The minimum absolute atomic E-state index is 0.0133. The fraction of sp³-hybridized carbons (Fsp3) is 0.714. The van der Waals surface area contributed by atoms with E-state index >= 15 is 0 Å². The van der Waals surface area contributed by atoms with Crippen molar-refractivity contribution in [1.29, 1.82) is 0 Å². The Morgan fingerprint density at radius 1 is 1.50 bits per heavy atom. The van der Waals surface area contributed by atoms with Crippen LogP contribution in [0.15, 0.2) is 0 Å². The van der Waals surface area contributed by atoms with E-state index in [2.05, 4.69) is 29.0 Å². The Hall–Kier alpha value is -0.980. The van der Waals surface area contributed by atoms with E-state index in [1.165, 1.54) is 11.3 Å². The number of nitrogens with one attached hydrogen (secondary N) is 1. The number of carbonyl (C=O) groups is 1. The summed E-state index contributed by atoms with van der Waals surface area (Å²) in [5, 5.41) is 3.91. The zero-order valence-electron chi connectivity index (χ0n) is 12.7. The molecule has 0 spiro atoms. The summed E-state index contributed by atoms with van der Waals surface area (Å²) in [5.74, 6) is -0.0133. The Labute approximate surface area is 124 Å². The molecule has 0 bridgehead atoms. The van der Waals surface area contributed by atoms with E-state index in [9.17, 15) is 4.79 Å². The molecule has 1 aliphatic heterocycles. The first-order valence-corrected chi connectivity index (χ1v) is 7.77. The largest absolute Gasteiger partial charge is 0.373 e. The normalized spacial score (nSPS) is 19.0. The highest BCUT2D eigenvalue weighted by atomic mass is 32.1. The average molecular weight is 297 g/mol. The lowest BCUT2D eigenvalue weighted by Gasteiger charge is -2.38. The zero-order valence-corrected chi connectivity index (χ0v) is 13.5. The lowest BCUT2D eigenvalue weighted by molar-refractivity contribution is -0.0853. The van der Waals surface area contributed by atoms with Crippen LogP contribution in [0.25, 0.3) is 0 Å². The van der Waals surface area contributed by atoms with Crippen molar-refractivity contribution in [2.75, 3.05) is 32.8 Å². The molecule has 1 saturated heterocycles. The van der Waals surface area contributed by atoms with Crippen LogP contribution in [0.5, 0.6) is 0 Å². The van der Waals surface area contributed by atoms with E-state index < -0.39 is 0 Å². The van der Waals surface area contributed by atoms with Crippen molar-refractivity contribution in [3.63, 3.8) is 0 Å². The van der Waals surface area contributed by atoms with Crippen LogP contribution in [0, 0.1) is 13.8 Å². The SMILES string of the molecule is Cc1nc(C)c(C(=O)NCCN2CCOC(C)(C)C2)s1. The maximum Gasteiger partial charge on any atom is 0.263 e. The number of nitrogens with zero attached hydrogens (tertiary/aromatic N) is 2. The fourth-order valence-corrected chi connectivity index (χ4v) is 3.29. The Morgan fingerprint density at radius 3 is 2.85 bits per heavy atom. The quantitative estimate of drug-likeness (QED) is 0.917. The summed E-state index contributed by atoms with van der Waals surface area (Å²) in [6.45, 7) is 12.1. The highest BCUT2D eigenvalue weighted by molar-refractivity contribution is 7.13. The maximum absolute atomic E-state index is 12.1. The smallest absolute Gasteiger partial charge is 0.263 e. The van der Waals surface area contributed by atoms with Gasteiger partial charge in [-0.2, -0.15) is 0 Å². The lowest BCUT2D eigenvalue weighted by atomic mass is 10.1. The van der Waals surface area contributed by atoms with Gasteiger partial charge in [-0.3, -0.25) is 9.69 Å². The van der Waals surface area contributed by atoms with Gasteiger partial charge in [0, 0.05) is 26.2 Å². The van der Waals surface area contributed by atoms with Gasteiger partial charge in [0.25, 0.3) is 5.91 Å². The topological polar surface area (TPSA) is 54.5 Å². The van der Waals surface area contributed by atoms with E-state index in [-0.39, 0.29) is 11.5 Å². The Bertz CT molecular complexity index is 485. The number of hydrogen-bond donors (Lipinski definition) is 1. The summed E-state index contributed by atoms with van der Waals surface area (Å²) in [6, 6.07) is 0. The second-order valence-corrected chi connectivity index (χ2v) is 6.99. The number of aromatic nitrogens is 1. The van der Waals surface area contributed by atoms with Gasteiger partial charge in [-0.1, -0.05) is 0 Å². The predicted molar refractivity (Wildman–Crippen MR) is 80.4 cm³/mol. The van der Waals surface area contributed by atoms with Crippen LogP contribution >= 0.6 is 11.3 Å². The molecule has 0 unspecified atom stereocenters. The van der Waals surface area contributed by atoms with Crippen LogP contribution in [0.3, 0.4) is 0 Å². The number of hydrogen-bond acceptors (Lipinski definition) is 5. The zero-order chi connectivity index (χ0) is 14.8. The van der Waals surface area contributed by atoms with E-state index in [1.807, 2.05) is 13.8 Å². The summed E-state index contributed by atoms with van der Waals surface area (Å²) in [7, 11) is 0. The third-order valence-electron chi connectivity index (χ3n) is 3.33. The molecular weight excluding hydrogens is 274 g/mol. The van der Waals surface area contributed by atoms with Gasteiger partial charge in [0.05, 0.1) is 22.9 Å². The van der Waals surface area contributed by atoms with Crippen molar-refractivity contribution in [2.45, 2.75) is 33.3 Å². The predicted octanol–water partition coefficient (Wildman–Crippen LogP) is 1.60. The molecule has 2 rings (SSSR count). The van der Waals surface area contributed by atoms with Gasteiger partial charge in [0.2, 0.25) is 0 Å². The summed E-state index contributed by atoms with van der Waals surface area (Å²) in [5.41, 5.74) is 0.727. The third kappa shape index (κ3) is 4.01. The van der Waals surface area contributed by atoms with E-state index in [0.717, 1.165) is 41.8 Å². The maximum atomic E-state index is 12.1. The Balaban J connectivity index is 1.78. The number of morpholine rings is 1. The number of ether oxygens (including phenoxy) is 1. The number of thiazole rings is 1. The Kier molecular flexibility index (Phi) is 4.78. The molecule has 1 aliphatic rings. The molecule has 0 aromatic carbocycles. The van der Waals surface area contributed by atoms with Crippen molar-refractivity contribution >= 4 is 17.2 Å². The molecular formula is C14H23N3O2S. The minimum atomic E-state index is -0.0897. The number of rotatable bonds is 4. The van der Waals surface area contributed by atoms with Gasteiger partial charge in [0.1, 0.15) is 4.88 Å². The van der Waals surface area contributed by atoms with Crippen molar-refractivity contribution in [2.24, 2.45) is 0 Å². The van der Waals surface area contributed by atoms with Crippen LogP contribution in [-0.2, 0) is 4.74 Å². The standard InChI is InChI=1S/C14H23N3O2S/c1-10-12(20-11(2)16-10)13(18)15-5-6-17-7-8-19-14(3,4)9-17/h5-9H2,1-4H3,(H,15,18). The third-order valence-corrected chi connectivity index (χ3v) is 4.40. The van der Waals surface area contributed by atoms with E-state index in [1.54, 1.807) is 0 Å². The molecule has 1 amide bonds. The van der Waals surface area contributed by atoms with Crippen molar-refractivity contribution in [3.8, 4) is 0 Å². The molecule has 112 valence electrons. The monoisotopic (exact) mass is 297 g/mol. The first-order valence-electron chi connectivity index (χ1n) is 6.96. The van der Waals surface area contributed by atoms with Crippen LogP contribution in [-0.4, -0.2) is 54.2 Å². The molecule has 6 heteroatoms. The lowest BCUT2D eigenvalue weighted by Crippen LogP contribution is -2.50. The van der Waals surface area contributed by atoms with Gasteiger partial charge >= 0.3 is 0 Å². The van der Waals surface area contributed by atoms with Crippen molar-refractivity contribution in [3.05, 3.63) is 15.6 Å². The molecule has 20 heavy (non-hydrogen) atoms. The number of carbonyl (C=O) groups excluding carboxylic acids is 1. The fourth-order valence-electron chi connectivity index (χ4n) is 2.45. The van der Waals surface area contributed by atoms with Gasteiger partial charge in [-0.15, -0.1) is 11.3 Å². The second-order valence-electron chi connectivity index (χ2n) is 5.79. The average Bonchev–Trinajstić information content (AvgIpc) is 2.67. The summed E-state index contributed by atoms with van der Waals surface area (Å²) in [6.07, 6.45) is 0. The van der Waals surface area contributed by atoms with Crippen LogP contribution in [0.4, 0.5) is 0 Å². The summed E-state index contributed by atoms with van der Waals surface area (Å²) >= 11 is 1.45. The summed E-state index contributed by atoms with van der Waals surface area (Å²) in [4.78, 5) is 19.4. The van der Waals surface area contributed by atoms with Crippen molar-refractivity contribution < 1.29 is 9.53 Å². The molecule has 1 aromatic heterocycles. The molecule has 1 fully saturated rings. The van der Waals surface area contributed by atoms with Gasteiger partial charge in [-0.25, -0.2) is 4.98 Å². The molecule has 0 saturated carbocycles. The van der Waals surface area contributed by atoms with Gasteiger partial charge < -0.3 is 10.1 Å². The van der Waals surface area contributed by atoms with E-state index in [0.29, 0.717) is 6.54 Å². The molecule has 2 heterocycles. The number of aryl methyl sites for hydroxylation is 2. The minimum Gasteiger partial charge on any atom is -0.373 e. The van der Waals surface area contributed by atoms with Crippen LogP contribution in [0.1, 0.15) is 34.2 Å². The molecule has 1 N–H and O–H groups in total. The molecule has 0 atom stereocenters. The van der Waals surface area contributed by atoms with Crippen LogP contribution < -0.4 is 5.32 Å². The highest BCUT2D eigenvalue weighted by Gasteiger charge is 2.26. The van der Waals surface area contributed by atoms with Gasteiger partial charge in [-0.05, 0) is 27.7 Å². The first-order chi connectivity index (χ1) is 9.37. The molecule has 5 nitrogen and oxygen atoms in total. The van der Waals surface area contributed by atoms with Gasteiger partial charge in [0.15, 0.2) is 0 Å². The second kappa shape index (κ2) is 6.20.